The summed E-state index contributed by atoms with van der Waals surface area (Å²) in [6.07, 6.45) is -4.56. The van der Waals surface area contributed by atoms with Crippen LogP contribution in [0.4, 0.5) is 19.0 Å². The molecule has 2 aromatic heterocycles. The van der Waals surface area contributed by atoms with E-state index >= 15 is 0 Å². The van der Waals surface area contributed by atoms with Gasteiger partial charge in [0.25, 0.3) is 5.91 Å². The molecule has 0 spiro atoms. The summed E-state index contributed by atoms with van der Waals surface area (Å²) in [5, 5.41) is 8.26. The summed E-state index contributed by atoms with van der Waals surface area (Å²) in [4.78, 5) is 16.5. The van der Waals surface area contributed by atoms with Gasteiger partial charge in [-0.2, -0.15) is 18.3 Å². The fraction of sp³-hybridized carbons (Fsp3) is 0.500. The first-order valence-electron chi connectivity index (χ1n) is 6.79. The number of nitrogens with one attached hydrogen (secondary N) is 1. The number of hydrogen-bond acceptors (Lipinski definition) is 4. The predicted molar refractivity (Wildman–Crippen MR) is 81.7 cm³/mol. The second-order valence-corrected chi connectivity index (χ2v) is 7.04. The molecule has 0 fully saturated rings. The fourth-order valence-corrected chi connectivity index (χ4v) is 2.86. The van der Waals surface area contributed by atoms with Crippen LogP contribution in [-0.2, 0) is 18.6 Å². The molecule has 126 valence electrons. The summed E-state index contributed by atoms with van der Waals surface area (Å²) in [6.45, 7) is 7.17. The Bertz CT molecular complexity index is 740. The molecule has 2 rings (SSSR count). The van der Waals surface area contributed by atoms with Gasteiger partial charge in [-0.25, -0.2) is 4.98 Å². The normalized spacial score (nSPS) is 12.5. The third-order valence-corrected chi connectivity index (χ3v) is 4.43. The van der Waals surface area contributed by atoms with E-state index in [1.807, 2.05) is 20.8 Å². The van der Waals surface area contributed by atoms with Crippen molar-refractivity contribution in [2.75, 3.05) is 5.32 Å². The van der Waals surface area contributed by atoms with Gasteiger partial charge in [0.2, 0.25) is 0 Å². The maximum absolute atomic E-state index is 12.8. The van der Waals surface area contributed by atoms with E-state index in [1.165, 1.54) is 25.3 Å². The second-order valence-electron chi connectivity index (χ2n) is 6.19. The lowest BCUT2D eigenvalue weighted by Crippen LogP contribution is -2.17. The van der Waals surface area contributed by atoms with Crippen LogP contribution in [0.15, 0.2) is 5.38 Å². The van der Waals surface area contributed by atoms with Gasteiger partial charge in [-0.05, 0) is 6.92 Å². The molecule has 0 aliphatic carbocycles. The first-order chi connectivity index (χ1) is 10.4. The number of amides is 1. The lowest BCUT2D eigenvalue weighted by atomic mass is 9.98. The number of carbonyl (C=O) groups is 1. The van der Waals surface area contributed by atoms with Crippen LogP contribution in [0.5, 0.6) is 0 Å². The highest BCUT2D eigenvalue weighted by Crippen LogP contribution is 2.34. The zero-order valence-electron chi connectivity index (χ0n) is 13.4. The van der Waals surface area contributed by atoms with Crippen LogP contribution in [0.2, 0.25) is 0 Å². The van der Waals surface area contributed by atoms with E-state index in [2.05, 4.69) is 15.4 Å². The topological polar surface area (TPSA) is 59.8 Å². The molecule has 0 atom stereocenters. The number of aromatic nitrogens is 3. The lowest BCUT2D eigenvalue weighted by Gasteiger charge is -2.13. The first kappa shape index (κ1) is 17.5. The van der Waals surface area contributed by atoms with E-state index in [-0.39, 0.29) is 22.5 Å². The number of nitrogens with zero attached hydrogens (tertiary/aromatic N) is 3. The van der Waals surface area contributed by atoms with Crippen molar-refractivity contribution in [2.45, 2.75) is 39.3 Å². The van der Waals surface area contributed by atoms with Gasteiger partial charge >= 0.3 is 6.18 Å². The summed E-state index contributed by atoms with van der Waals surface area (Å²) < 4.78 is 39.5. The summed E-state index contributed by atoms with van der Waals surface area (Å²) in [7, 11) is 1.35. The fourth-order valence-electron chi connectivity index (χ4n) is 1.97. The Labute approximate surface area is 135 Å². The Hall–Kier alpha value is -1.90. The smallest absolute Gasteiger partial charge is 0.305 e. The first-order valence-corrected chi connectivity index (χ1v) is 7.67. The van der Waals surface area contributed by atoms with Gasteiger partial charge in [-0.1, -0.05) is 20.8 Å². The Balaban J connectivity index is 2.28. The van der Waals surface area contributed by atoms with Gasteiger partial charge < -0.3 is 5.32 Å². The van der Waals surface area contributed by atoms with Crippen LogP contribution in [0, 0.1) is 6.92 Å². The van der Waals surface area contributed by atoms with Crippen molar-refractivity contribution in [2.24, 2.45) is 7.05 Å². The van der Waals surface area contributed by atoms with Crippen LogP contribution in [0.1, 0.15) is 47.5 Å². The minimum Gasteiger partial charge on any atom is -0.305 e. The molecule has 5 nitrogen and oxygen atoms in total. The highest BCUT2D eigenvalue weighted by Gasteiger charge is 2.37. The quantitative estimate of drug-likeness (QED) is 0.901. The number of anilines is 1. The van der Waals surface area contributed by atoms with Crippen molar-refractivity contribution in [3.8, 4) is 0 Å². The van der Waals surface area contributed by atoms with E-state index < -0.39 is 17.8 Å². The van der Waals surface area contributed by atoms with Crippen molar-refractivity contribution in [1.29, 1.82) is 0 Å². The van der Waals surface area contributed by atoms with Crippen molar-refractivity contribution in [1.82, 2.24) is 14.8 Å². The number of carbonyl (C=O) groups excluding carboxylic acids is 1. The van der Waals surface area contributed by atoms with Crippen molar-refractivity contribution in [3.05, 3.63) is 27.3 Å². The molecule has 23 heavy (non-hydrogen) atoms. The SMILES string of the molecule is Cc1c(C(F)(F)F)nn(C)c1NC(=O)c1csc(C(C)(C)C)n1. The minimum atomic E-state index is -4.56. The molecule has 0 bridgehead atoms. The third-order valence-electron chi connectivity index (χ3n) is 3.16. The molecule has 0 saturated heterocycles. The molecular weight excluding hydrogens is 329 g/mol. The highest BCUT2D eigenvalue weighted by molar-refractivity contribution is 7.10. The van der Waals surface area contributed by atoms with E-state index in [4.69, 9.17) is 0 Å². The molecule has 0 radical (unpaired) electrons. The highest BCUT2D eigenvalue weighted by atomic mass is 32.1. The van der Waals surface area contributed by atoms with Crippen LogP contribution in [0.3, 0.4) is 0 Å². The Kier molecular flexibility index (Phi) is 4.27. The van der Waals surface area contributed by atoms with Crippen molar-refractivity contribution in [3.63, 3.8) is 0 Å². The van der Waals surface area contributed by atoms with Gasteiger partial charge in [0, 0.05) is 23.4 Å². The molecule has 0 aromatic carbocycles. The van der Waals surface area contributed by atoms with Gasteiger partial charge in [-0.15, -0.1) is 11.3 Å². The Morgan fingerprint density at radius 1 is 1.30 bits per heavy atom. The molecule has 0 aliphatic heterocycles. The summed E-state index contributed by atoms with van der Waals surface area (Å²) in [5.41, 5.74) is -1.16. The van der Waals surface area contributed by atoms with Gasteiger partial charge in [-0.3, -0.25) is 9.48 Å². The van der Waals surface area contributed by atoms with Gasteiger partial charge in [0.05, 0.1) is 5.01 Å². The third kappa shape index (κ3) is 3.54. The van der Waals surface area contributed by atoms with Gasteiger partial charge in [0.1, 0.15) is 11.5 Å². The number of hydrogen-bond donors (Lipinski definition) is 1. The largest absolute Gasteiger partial charge is 0.435 e. The zero-order valence-corrected chi connectivity index (χ0v) is 14.2. The standard InChI is InChI=1S/C14H17F3N4OS/c1-7-9(14(15,16)17)20-21(5)10(7)19-11(22)8-6-23-12(18-8)13(2,3)4/h6H,1-5H3,(H,19,22). The summed E-state index contributed by atoms with van der Waals surface area (Å²) >= 11 is 1.34. The average molecular weight is 346 g/mol. The molecule has 1 amide bonds. The number of thiazole rings is 1. The molecule has 1 N–H and O–H groups in total. The number of alkyl halides is 3. The van der Waals surface area contributed by atoms with E-state index in [0.29, 0.717) is 0 Å². The average Bonchev–Trinajstić information content (AvgIpc) is 2.97. The predicted octanol–water partition coefficient (Wildman–Crippen LogP) is 3.75. The molecule has 0 saturated carbocycles. The van der Waals surface area contributed by atoms with Crippen LogP contribution in [0.25, 0.3) is 0 Å². The number of rotatable bonds is 2. The summed E-state index contributed by atoms with van der Waals surface area (Å²) in [6, 6.07) is 0. The van der Waals surface area contributed by atoms with Crippen LogP contribution >= 0.6 is 11.3 Å². The van der Waals surface area contributed by atoms with Crippen LogP contribution in [-0.4, -0.2) is 20.7 Å². The molecule has 2 aromatic rings. The van der Waals surface area contributed by atoms with E-state index in [9.17, 15) is 18.0 Å². The second kappa shape index (κ2) is 5.63. The van der Waals surface area contributed by atoms with E-state index in [0.717, 1.165) is 9.69 Å². The van der Waals surface area contributed by atoms with Gasteiger partial charge in [0.15, 0.2) is 5.69 Å². The zero-order chi connectivity index (χ0) is 17.6. The van der Waals surface area contributed by atoms with E-state index in [1.54, 1.807) is 5.38 Å². The van der Waals surface area contributed by atoms with Crippen molar-refractivity contribution >= 4 is 23.1 Å². The Morgan fingerprint density at radius 3 is 2.35 bits per heavy atom. The van der Waals surface area contributed by atoms with Crippen molar-refractivity contribution < 1.29 is 18.0 Å². The monoisotopic (exact) mass is 346 g/mol. The maximum atomic E-state index is 12.8. The molecule has 2 heterocycles. The number of aryl methyl sites for hydroxylation is 1. The lowest BCUT2D eigenvalue weighted by molar-refractivity contribution is -0.141. The molecule has 0 unspecified atom stereocenters. The minimum absolute atomic E-state index is 0.00707. The summed E-state index contributed by atoms with van der Waals surface area (Å²) in [5.74, 6) is -0.552. The molecular formula is C14H17F3N4OS. The van der Waals surface area contributed by atoms with Crippen LogP contribution < -0.4 is 5.32 Å². The Morgan fingerprint density at radius 2 is 1.91 bits per heavy atom. The molecule has 0 aliphatic rings. The molecule has 9 heteroatoms. The maximum Gasteiger partial charge on any atom is 0.435 e. The number of halogens is 3.